The highest BCUT2D eigenvalue weighted by molar-refractivity contribution is 5.74. The molecule has 1 heterocycles. The van der Waals surface area contributed by atoms with Crippen LogP contribution in [0.2, 0.25) is 0 Å². The fourth-order valence-corrected chi connectivity index (χ4v) is 2.70. The van der Waals surface area contributed by atoms with Crippen molar-refractivity contribution in [2.45, 2.75) is 19.3 Å². The van der Waals surface area contributed by atoms with Gasteiger partial charge in [0.05, 0.1) is 15.9 Å². The minimum absolute atomic E-state index is 0.186. The van der Waals surface area contributed by atoms with Crippen LogP contribution in [0.3, 0.4) is 0 Å². The van der Waals surface area contributed by atoms with Crippen LogP contribution in [0.5, 0.6) is 0 Å². The monoisotopic (exact) mass is 308 g/mol. The summed E-state index contributed by atoms with van der Waals surface area (Å²) in [5, 5.41) is 21.9. The van der Waals surface area contributed by atoms with Crippen molar-refractivity contribution >= 4 is 23.0 Å². The summed E-state index contributed by atoms with van der Waals surface area (Å²) in [5.41, 5.74) is 4.96. The van der Waals surface area contributed by atoms with Gasteiger partial charge in [-0.15, -0.1) is 0 Å². The summed E-state index contributed by atoms with van der Waals surface area (Å²) in [7, 11) is 0. The molecular weight excluding hydrogens is 292 g/mol. The average Bonchev–Trinajstić information content (AvgIpc) is 2.46. The van der Waals surface area contributed by atoms with Gasteiger partial charge in [0.1, 0.15) is 5.69 Å². The van der Waals surface area contributed by atoms with Crippen molar-refractivity contribution in [2.24, 2.45) is 11.7 Å². The van der Waals surface area contributed by atoms with Crippen molar-refractivity contribution in [3.63, 3.8) is 0 Å². The number of rotatable bonds is 5. The predicted molar refractivity (Wildman–Crippen MR) is 78.5 cm³/mol. The highest BCUT2D eigenvalue weighted by atomic mass is 16.6. The lowest BCUT2D eigenvalue weighted by atomic mass is 9.93. The lowest BCUT2D eigenvalue weighted by Gasteiger charge is -2.32. The van der Waals surface area contributed by atoms with Crippen molar-refractivity contribution in [1.82, 2.24) is 0 Å². The van der Waals surface area contributed by atoms with Crippen molar-refractivity contribution < 1.29 is 14.6 Å². The van der Waals surface area contributed by atoms with Crippen molar-refractivity contribution in [2.75, 3.05) is 18.0 Å². The van der Waals surface area contributed by atoms with Gasteiger partial charge < -0.3 is 10.6 Å². The summed E-state index contributed by atoms with van der Waals surface area (Å²) in [6, 6.07) is 3.65. The molecule has 0 spiro atoms. The first kappa shape index (κ1) is 15.7. The summed E-state index contributed by atoms with van der Waals surface area (Å²) in [4.78, 5) is 33.3. The SMILES string of the molecule is NC(=O)CC1CCN(c2ccc([N+](=O)[O-])cc2[N+](=O)[O-])CC1. The van der Waals surface area contributed by atoms with Crippen LogP contribution in [-0.2, 0) is 4.79 Å². The molecule has 1 aliphatic rings. The number of hydrogen-bond donors (Lipinski definition) is 1. The number of nitro benzene ring substituents is 2. The third-order valence-electron chi connectivity index (χ3n) is 3.81. The molecule has 0 atom stereocenters. The van der Waals surface area contributed by atoms with E-state index in [0.29, 0.717) is 38.0 Å². The predicted octanol–water partition coefficient (Wildman–Crippen LogP) is 1.59. The number of carbonyl (C=O) groups is 1. The molecular formula is C13H16N4O5. The number of non-ortho nitro benzene ring substituents is 1. The van der Waals surface area contributed by atoms with Gasteiger partial charge in [-0.2, -0.15) is 0 Å². The zero-order valence-electron chi connectivity index (χ0n) is 11.8. The molecule has 0 saturated carbocycles. The molecule has 0 radical (unpaired) electrons. The molecule has 1 aromatic rings. The van der Waals surface area contributed by atoms with E-state index >= 15 is 0 Å². The van der Waals surface area contributed by atoms with E-state index in [4.69, 9.17) is 5.73 Å². The number of benzene rings is 1. The van der Waals surface area contributed by atoms with Crippen LogP contribution in [0.1, 0.15) is 19.3 Å². The number of nitro groups is 2. The van der Waals surface area contributed by atoms with E-state index in [1.165, 1.54) is 12.1 Å². The fraction of sp³-hybridized carbons (Fsp3) is 0.462. The van der Waals surface area contributed by atoms with E-state index in [2.05, 4.69) is 0 Å². The number of amides is 1. The van der Waals surface area contributed by atoms with Crippen molar-refractivity contribution in [1.29, 1.82) is 0 Å². The Labute approximate surface area is 126 Å². The summed E-state index contributed by atoms with van der Waals surface area (Å²) >= 11 is 0. The van der Waals surface area contributed by atoms with Crippen LogP contribution in [-0.4, -0.2) is 28.8 Å². The molecule has 22 heavy (non-hydrogen) atoms. The Kier molecular flexibility index (Phi) is 4.54. The zero-order valence-corrected chi connectivity index (χ0v) is 11.8. The van der Waals surface area contributed by atoms with E-state index in [1.807, 2.05) is 4.90 Å². The second-order valence-corrected chi connectivity index (χ2v) is 5.29. The highest BCUT2D eigenvalue weighted by Crippen LogP contribution is 2.34. The zero-order chi connectivity index (χ0) is 16.3. The molecule has 9 nitrogen and oxygen atoms in total. The first-order valence-corrected chi connectivity index (χ1v) is 6.84. The molecule has 0 unspecified atom stereocenters. The number of hydrogen-bond acceptors (Lipinski definition) is 6. The molecule has 118 valence electrons. The highest BCUT2D eigenvalue weighted by Gasteiger charge is 2.27. The van der Waals surface area contributed by atoms with E-state index in [1.54, 1.807) is 0 Å². The van der Waals surface area contributed by atoms with E-state index in [0.717, 1.165) is 6.07 Å². The molecule has 0 aromatic heterocycles. The summed E-state index contributed by atoms with van der Waals surface area (Å²) in [6.07, 6.45) is 1.73. The summed E-state index contributed by atoms with van der Waals surface area (Å²) in [6.45, 7) is 1.10. The maximum absolute atomic E-state index is 11.1. The molecule has 1 fully saturated rings. The van der Waals surface area contributed by atoms with Gasteiger partial charge in [0.2, 0.25) is 5.91 Å². The van der Waals surface area contributed by atoms with Gasteiger partial charge in [0.25, 0.3) is 11.4 Å². The van der Waals surface area contributed by atoms with Gasteiger partial charge >= 0.3 is 0 Å². The quantitative estimate of drug-likeness (QED) is 0.648. The molecule has 1 amide bonds. The molecule has 0 bridgehead atoms. The van der Waals surface area contributed by atoms with Crippen LogP contribution >= 0.6 is 0 Å². The third-order valence-corrected chi connectivity index (χ3v) is 3.81. The Morgan fingerprint density at radius 2 is 1.86 bits per heavy atom. The van der Waals surface area contributed by atoms with E-state index in [-0.39, 0.29) is 23.2 Å². The van der Waals surface area contributed by atoms with Gasteiger partial charge in [-0.1, -0.05) is 0 Å². The van der Waals surface area contributed by atoms with Gasteiger partial charge in [0, 0.05) is 25.6 Å². The van der Waals surface area contributed by atoms with E-state index in [9.17, 15) is 25.0 Å². The Bertz CT molecular complexity index is 610. The second kappa shape index (κ2) is 6.37. The maximum atomic E-state index is 11.1. The normalized spacial score (nSPS) is 15.5. The minimum Gasteiger partial charge on any atom is -0.370 e. The van der Waals surface area contributed by atoms with Gasteiger partial charge in [-0.3, -0.25) is 25.0 Å². The van der Waals surface area contributed by atoms with Gasteiger partial charge in [-0.05, 0) is 24.8 Å². The Balaban J connectivity index is 2.17. The standard InChI is InChI=1S/C13H16N4O5/c14-13(18)7-9-3-5-15(6-4-9)11-2-1-10(16(19)20)8-12(11)17(21)22/h1-2,8-9H,3-7H2,(H2,14,18). The number of carbonyl (C=O) groups excluding carboxylic acids is 1. The average molecular weight is 308 g/mol. The molecule has 9 heteroatoms. The second-order valence-electron chi connectivity index (χ2n) is 5.29. The van der Waals surface area contributed by atoms with Crippen molar-refractivity contribution in [3.05, 3.63) is 38.4 Å². The van der Waals surface area contributed by atoms with Crippen LogP contribution in [0.15, 0.2) is 18.2 Å². The Morgan fingerprint density at radius 1 is 1.23 bits per heavy atom. The topological polar surface area (TPSA) is 133 Å². The van der Waals surface area contributed by atoms with Crippen LogP contribution < -0.4 is 10.6 Å². The van der Waals surface area contributed by atoms with Crippen LogP contribution in [0.25, 0.3) is 0 Å². The summed E-state index contributed by atoms with van der Waals surface area (Å²) < 4.78 is 0. The molecule has 1 saturated heterocycles. The van der Waals surface area contributed by atoms with Crippen molar-refractivity contribution in [3.8, 4) is 0 Å². The van der Waals surface area contributed by atoms with Gasteiger partial charge in [0.15, 0.2) is 0 Å². The molecule has 1 aromatic carbocycles. The Hall–Kier alpha value is -2.71. The number of primary amides is 1. The molecule has 2 N–H and O–H groups in total. The molecule has 0 aliphatic carbocycles. The number of piperidine rings is 1. The number of nitrogens with two attached hydrogens (primary N) is 1. The fourth-order valence-electron chi connectivity index (χ4n) is 2.70. The Morgan fingerprint density at radius 3 is 2.36 bits per heavy atom. The first-order chi connectivity index (χ1) is 10.4. The smallest absolute Gasteiger partial charge is 0.299 e. The van der Waals surface area contributed by atoms with Crippen LogP contribution in [0.4, 0.5) is 17.1 Å². The molecule has 1 aliphatic heterocycles. The number of nitrogens with zero attached hydrogens (tertiary/aromatic N) is 3. The first-order valence-electron chi connectivity index (χ1n) is 6.84. The molecule has 2 rings (SSSR count). The largest absolute Gasteiger partial charge is 0.370 e. The maximum Gasteiger partial charge on any atom is 0.299 e. The van der Waals surface area contributed by atoms with Crippen LogP contribution in [0, 0.1) is 26.1 Å². The van der Waals surface area contributed by atoms with Gasteiger partial charge in [-0.25, -0.2) is 0 Å². The lowest BCUT2D eigenvalue weighted by Crippen LogP contribution is -2.35. The number of anilines is 1. The lowest BCUT2D eigenvalue weighted by molar-refractivity contribution is -0.393. The third kappa shape index (κ3) is 3.48. The minimum atomic E-state index is -0.657. The van der Waals surface area contributed by atoms with E-state index < -0.39 is 9.85 Å². The summed E-state index contributed by atoms with van der Waals surface area (Å²) in [5.74, 6) is -0.161.